The third-order valence-electron chi connectivity index (χ3n) is 1.02. The van der Waals surface area contributed by atoms with Crippen LogP contribution in [-0.4, -0.2) is 0 Å². The Balaban J connectivity index is 0.000001000. The molecule has 0 aliphatic rings. The highest BCUT2D eigenvalue weighted by molar-refractivity contribution is 6.36. The molecule has 2 nitrogen and oxygen atoms in total. The van der Waals surface area contributed by atoms with Crippen molar-refractivity contribution in [2.45, 2.75) is 0 Å². The van der Waals surface area contributed by atoms with Crippen molar-refractivity contribution >= 4 is 41.3 Å². The quantitative estimate of drug-likeness (QED) is 0.597. The second kappa shape index (κ2) is 4.40. The number of diazo groups is 1. The van der Waals surface area contributed by atoms with Gasteiger partial charge in [0, 0.05) is 11.1 Å². The highest BCUT2D eigenvalue weighted by atomic mass is 35.5. The summed E-state index contributed by atoms with van der Waals surface area (Å²) in [5, 5.41) is 9.17. The molecule has 0 saturated carbocycles. The fourth-order valence-corrected chi connectivity index (χ4v) is 1.01. The van der Waals surface area contributed by atoms with E-state index in [1.807, 2.05) is 0 Å². The number of halogens is 3. The molecule has 0 spiro atoms. The average Bonchev–Trinajstić information content (AvgIpc) is 1.88. The number of rotatable bonds is 0. The van der Waals surface area contributed by atoms with E-state index in [1.165, 1.54) is 12.1 Å². The summed E-state index contributed by atoms with van der Waals surface area (Å²) < 4.78 is 0. The predicted octanol–water partition coefficient (Wildman–Crippen LogP) is 3.90. The molecule has 0 bridgehead atoms. The van der Waals surface area contributed by atoms with E-state index in [1.54, 1.807) is 6.07 Å². The molecule has 1 aromatic carbocycles. The fourth-order valence-electron chi connectivity index (χ4n) is 0.562. The van der Waals surface area contributed by atoms with E-state index in [4.69, 9.17) is 28.6 Å². The van der Waals surface area contributed by atoms with E-state index in [9.17, 15) is 0 Å². The number of hydrogen-bond acceptors (Lipinski definition) is 1. The lowest BCUT2D eigenvalue weighted by molar-refractivity contribution is 1.46. The molecule has 11 heavy (non-hydrogen) atoms. The van der Waals surface area contributed by atoms with Gasteiger partial charge in [-0.1, -0.05) is 23.2 Å². The van der Waals surface area contributed by atoms with Gasteiger partial charge in [0.2, 0.25) is 5.39 Å². The molecule has 0 radical (unpaired) electrons. The van der Waals surface area contributed by atoms with Crippen LogP contribution in [0.1, 0.15) is 0 Å². The molecule has 0 aliphatic carbocycles. The summed E-state index contributed by atoms with van der Waals surface area (Å²) in [6.07, 6.45) is 0. The molecule has 0 heterocycles. The van der Waals surface area contributed by atoms with Crippen LogP contribution < -0.4 is 0 Å². The van der Waals surface area contributed by atoms with E-state index in [0.29, 0.717) is 15.7 Å². The third-order valence-corrected chi connectivity index (χ3v) is 1.56. The van der Waals surface area contributed by atoms with Crippen LogP contribution in [-0.2, 0) is 0 Å². The Bertz CT molecular complexity index is 292. The molecule has 0 aromatic heterocycles. The Morgan fingerprint density at radius 2 is 1.91 bits per heavy atom. The van der Waals surface area contributed by atoms with Gasteiger partial charge in [-0.3, -0.25) is 0 Å². The first kappa shape index (κ1) is 10.5. The third kappa shape index (κ3) is 2.55. The van der Waals surface area contributed by atoms with Gasteiger partial charge < -0.3 is 0 Å². The first-order valence-corrected chi connectivity index (χ1v) is 3.30. The van der Waals surface area contributed by atoms with Crippen molar-refractivity contribution in [1.82, 2.24) is 0 Å². The smallest absolute Gasteiger partial charge is 0.147 e. The normalized spacial score (nSPS) is 8.09. The van der Waals surface area contributed by atoms with Crippen LogP contribution in [0.15, 0.2) is 18.2 Å². The molecule has 0 amide bonds. The molecule has 1 aromatic rings. The largest absolute Gasteiger partial charge is 0.403 e. The second-order valence-corrected chi connectivity index (χ2v) is 2.54. The molecule has 0 unspecified atom stereocenters. The molecular weight excluding hydrogens is 206 g/mol. The molecular formula is C6H4Cl3N2+. The maximum Gasteiger partial charge on any atom is 0.403 e. The highest BCUT2D eigenvalue weighted by Gasteiger charge is 2.10. The standard InChI is InChI=1S/C6H3Cl2N2.ClH/c7-4-1-2-6(10-9)5(8)3-4;/h1-3H;1H/q+1;. The Hall–Kier alpha value is -0.490. The summed E-state index contributed by atoms with van der Waals surface area (Å²) in [5.74, 6) is 0. The van der Waals surface area contributed by atoms with Crippen molar-refractivity contribution in [3.8, 4) is 0 Å². The number of benzene rings is 1. The van der Waals surface area contributed by atoms with Crippen LogP contribution in [0.3, 0.4) is 0 Å². The highest BCUT2D eigenvalue weighted by Crippen LogP contribution is 2.27. The van der Waals surface area contributed by atoms with Crippen LogP contribution in [0.2, 0.25) is 10.0 Å². The zero-order valence-electron chi connectivity index (χ0n) is 5.29. The zero-order valence-corrected chi connectivity index (χ0v) is 7.62. The summed E-state index contributed by atoms with van der Waals surface area (Å²) >= 11 is 11.2. The van der Waals surface area contributed by atoms with Crippen molar-refractivity contribution in [3.63, 3.8) is 0 Å². The predicted molar refractivity (Wildman–Crippen MR) is 48.5 cm³/mol. The summed E-state index contributed by atoms with van der Waals surface area (Å²) in [7, 11) is 0. The van der Waals surface area contributed by atoms with Crippen molar-refractivity contribution < 1.29 is 0 Å². The van der Waals surface area contributed by atoms with Gasteiger partial charge in [0.1, 0.15) is 5.02 Å². The van der Waals surface area contributed by atoms with Crippen molar-refractivity contribution in [1.29, 1.82) is 5.39 Å². The van der Waals surface area contributed by atoms with Crippen LogP contribution in [0.5, 0.6) is 0 Å². The lowest BCUT2D eigenvalue weighted by atomic mass is 10.3. The minimum absolute atomic E-state index is 0. The molecule has 0 N–H and O–H groups in total. The van der Waals surface area contributed by atoms with E-state index < -0.39 is 0 Å². The monoisotopic (exact) mass is 209 g/mol. The van der Waals surface area contributed by atoms with Gasteiger partial charge in [0.15, 0.2) is 4.98 Å². The Kier molecular flexibility index (Phi) is 4.20. The number of nitrogens with zero attached hydrogens (tertiary/aromatic N) is 2. The minimum Gasteiger partial charge on any atom is -0.147 e. The van der Waals surface area contributed by atoms with Crippen molar-refractivity contribution in [2.24, 2.45) is 0 Å². The first-order valence-electron chi connectivity index (χ1n) is 2.54. The maximum atomic E-state index is 8.31. The fraction of sp³-hybridized carbons (Fsp3) is 0. The molecule has 0 saturated heterocycles. The first-order chi connectivity index (χ1) is 4.74. The summed E-state index contributed by atoms with van der Waals surface area (Å²) in [5.41, 5.74) is 0.325. The zero-order chi connectivity index (χ0) is 7.56. The molecule has 58 valence electrons. The molecule has 0 atom stereocenters. The minimum atomic E-state index is 0. The molecule has 1 rings (SSSR count). The topological polar surface area (TPSA) is 28.1 Å². The van der Waals surface area contributed by atoms with Crippen LogP contribution >= 0.6 is 35.6 Å². The van der Waals surface area contributed by atoms with Gasteiger partial charge in [-0.25, -0.2) is 0 Å². The molecule has 0 aliphatic heterocycles. The van der Waals surface area contributed by atoms with Gasteiger partial charge >= 0.3 is 5.69 Å². The Labute approximate surface area is 80.2 Å². The van der Waals surface area contributed by atoms with E-state index >= 15 is 0 Å². The molecule has 5 heteroatoms. The van der Waals surface area contributed by atoms with Gasteiger partial charge in [0.25, 0.3) is 0 Å². The van der Waals surface area contributed by atoms with E-state index in [0.717, 1.165) is 0 Å². The van der Waals surface area contributed by atoms with Gasteiger partial charge in [-0.2, -0.15) is 0 Å². The van der Waals surface area contributed by atoms with E-state index in [-0.39, 0.29) is 12.4 Å². The SMILES string of the molecule is Cl.N#[N+]c1ccc(Cl)cc1Cl. The van der Waals surface area contributed by atoms with Gasteiger partial charge in [0.05, 0.1) is 0 Å². The van der Waals surface area contributed by atoms with Crippen molar-refractivity contribution in [3.05, 3.63) is 33.2 Å². The van der Waals surface area contributed by atoms with Crippen LogP contribution in [0.4, 0.5) is 5.69 Å². The number of hydrogen-bond donors (Lipinski definition) is 0. The second-order valence-electron chi connectivity index (χ2n) is 1.70. The summed E-state index contributed by atoms with van der Waals surface area (Å²) in [6, 6.07) is 4.64. The lowest BCUT2D eigenvalue weighted by Crippen LogP contribution is -1.65. The van der Waals surface area contributed by atoms with Gasteiger partial charge in [-0.15, -0.1) is 12.4 Å². The van der Waals surface area contributed by atoms with Crippen LogP contribution in [0.25, 0.3) is 4.98 Å². The average molecular weight is 210 g/mol. The molecule has 0 fully saturated rings. The lowest BCUT2D eigenvalue weighted by Gasteiger charge is -1.84. The van der Waals surface area contributed by atoms with Crippen LogP contribution in [0, 0.1) is 5.39 Å². The van der Waals surface area contributed by atoms with Crippen molar-refractivity contribution in [2.75, 3.05) is 0 Å². The summed E-state index contributed by atoms with van der Waals surface area (Å²) in [4.78, 5) is 2.92. The van der Waals surface area contributed by atoms with E-state index in [2.05, 4.69) is 4.98 Å². The summed E-state index contributed by atoms with van der Waals surface area (Å²) in [6.45, 7) is 0. The Morgan fingerprint density at radius 3 is 2.36 bits per heavy atom. The van der Waals surface area contributed by atoms with Gasteiger partial charge in [-0.05, 0) is 12.1 Å². The maximum absolute atomic E-state index is 8.31. The Morgan fingerprint density at radius 1 is 1.27 bits per heavy atom.